The van der Waals surface area contributed by atoms with Gasteiger partial charge in [0, 0.05) is 0 Å². The van der Waals surface area contributed by atoms with Gasteiger partial charge in [0.2, 0.25) is 0 Å². The molecule has 1 heterocycles. The normalized spacial score (nSPS) is 21.1. The second kappa shape index (κ2) is 8.08. The third-order valence-electron chi connectivity index (χ3n) is 4.00. The minimum Gasteiger partial charge on any atom is -0.375 e. The predicted molar refractivity (Wildman–Crippen MR) is 87.5 cm³/mol. The van der Waals surface area contributed by atoms with Gasteiger partial charge in [-0.2, -0.15) is 0 Å². The summed E-state index contributed by atoms with van der Waals surface area (Å²) in [6.07, 6.45) is 1.28. The lowest BCUT2D eigenvalue weighted by molar-refractivity contribution is 0.00216. The number of hydrogen-bond acceptors (Lipinski definition) is 3. The summed E-state index contributed by atoms with van der Waals surface area (Å²) in [5, 5.41) is 3.48. The molecule has 1 fully saturated rings. The van der Waals surface area contributed by atoms with Crippen molar-refractivity contribution in [1.29, 1.82) is 0 Å². The molecular formula is C19H23NO2. The average Bonchev–Trinajstić information content (AvgIpc) is 3.02. The van der Waals surface area contributed by atoms with Gasteiger partial charge in [0.05, 0.1) is 32.0 Å². The van der Waals surface area contributed by atoms with Crippen LogP contribution in [0, 0.1) is 0 Å². The Morgan fingerprint density at radius 2 is 1.50 bits per heavy atom. The zero-order valence-electron chi connectivity index (χ0n) is 12.8. The molecule has 2 aromatic carbocycles. The van der Waals surface area contributed by atoms with Gasteiger partial charge in [-0.3, -0.25) is 0 Å². The molecule has 0 bridgehead atoms. The summed E-state index contributed by atoms with van der Waals surface area (Å²) in [6.45, 7) is 3.01. The monoisotopic (exact) mass is 297 g/mol. The summed E-state index contributed by atoms with van der Waals surface area (Å²) in [4.78, 5) is 0. The van der Waals surface area contributed by atoms with E-state index in [1.807, 2.05) is 36.4 Å². The van der Waals surface area contributed by atoms with Gasteiger partial charge in [-0.15, -0.1) is 0 Å². The molecule has 0 unspecified atom stereocenters. The van der Waals surface area contributed by atoms with Crippen LogP contribution in [-0.2, 0) is 22.7 Å². The van der Waals surface area contributed by atoms with Crippen LogP contribution in [0.4, 0.5) is 0 Å². The molecule has 0 aromatic heterocycles. The molecule has 0 saturated carbocycles. The molecule has 3 rings (SSSR count). The quantitative estimate of drug-likeness (QED) is 0.851. The van der Waals surface area contributed by atoms with Gasteiger partial charge >= 0.3 is 0 Å². The fourth-order valence-corrected chi connectivity index (χ4v) is 2.76. The van der Waals surface area contributed by atoms with Crippen molar-refractivity contribution >= 4 is 0 Å². The zero-order chi connectivity index (χ0) is 15.0. The number of rotatable bonds is 7. The maximum atomic E-state index is 6.06. The molecule has 2 aromatic rings. The molecule has 3 heteroatoms. The molecule has 0 spiro atoms. The molecule has 3 nitrogen and oxygen atoms in total. The van der Waals surface area contributed by atoms with Crippen molar-refractivity contribution in [3.63, 3.8) is 0 Å². The standard InChI is InChI=1S/C19H23NO2/c1-3-7-16(8-4-1)13-21-15-18-19(11-12-20-18)22-14-17-9-5-2-6-10-17/h1-10,18-20H,11-15H2/t18-,19-/m0/s1. The van der Waals surface area contributed by atoms with E-state index in [-0.39, 0.29) is 12.1 Å². The van der Waals surface area contributed by atoms with Crippen LogP contribution >= 0.6 is 0 Å². The van der Waals surface area contributed by atoms with E-state index < -0.39 is 0 Å². The Balaban J connectivity index is 1.42. The van der Waals surface area contributed by atoms with E-state index in [1.165, 1.54) is 11.1 Å². The SMILES string of the molecule is c1ccc(COC[C@@H]2NCC[C@@H]2OCc2ccccc2)cc1. The lowest BCUT2D eigenvalue weighted by Gasteiger charge is -2.20. The second-order valence-electron chi connectivity index (χ2n) is 5.69. The van der Waals surface area contributed by atoms with Gasteiger partial charge in [-0.25, -0.2) is 0 Å². The first-order valence-electron chi connectivity index (χ1n) is 7.92. The van der Waals surface area contributed by atoms with Crippen LogP contribution in [0.1, 0.15) is 17.5 Å². The summed E-state index contributed by atoms with van der Waals surface area (Å²) in [5.41, 5.74) is 2.43. The van der Waals surface area contributed by atoms with Crippen molar-refractivity contribution in [3.8, 4) is 0 Å². The first-order chi connectivity index (χ1) is 10.9. The molecular weight excluding hydrogens is 274 g/mol. The third-order valence-corrected chi connectivity index (χ3v) is 4.00. The highest BCUT2D eigenvalue weighted by atomic mass is 16.5. The lowest BCUT2D eigenvalue weighted by atomic mass is 10.2. The molecule has 0 radical (unpaired) electrons. The molecule has 116 valence electrons. The van der Waals surface area contributed by atoms with E-state index in [9.17, 15) is 0 Å². The molecule has 0 aliphatic carbocycles. The largest absolute Gasteiger partial charge is 0.375 e. The van der Waals surface area contributed by atoms with Gasteiger partial charge < -0.3 is 14.8 Å². The third kappa shape index (κ3) is 4.41. The first-order valence-corrected chi connectivity index (χ1v) is 7.92. The van der Waals surface area contributed by atoms with Gasteiger partial charge in [-0.05, 0) is 24.1 Å². The van der Waals surface area contributed by atoms with Crippen molar-refractivity contribution in [2.24, 2.45) is 0 Å². The van der Waals surface area contributed by atoms with Gasteiger partial charge in [0.1, 0.15) is 0 Å². The van der Waals surface area contributed by atoms with E-state index in [1.54, 1.807) is 0 Å². The van der Waals surface area contributed by atoms with E-state index >= 15 is 0 Å². The van der Waals surface area contributed by atoms with E-state index in [0.717, 1.165) is 13.0 Å². The highest BCUT2D eigenvalue weighted by molar-refractivity contribution is 5.14. The minimum atomic E-state index is 0.232. The van der Waals surface area contributed by atoms with E-state index in [4.69, 9.17) is 9.47 Å². The highest BCUT2D eigenvalue weighted by Crippen LogP contribution is 2.15. The molecule has 22 heavy (non-hydrogen) atoms. The summed E-state index contributed by atoms with van der Waals surface area (Å²) in [7, 11) is 0. The van der Waals surface area contributed by atoms with Crippen LogP contribution in [0.5, 0.6) is 0 Å². The maximum absolute atomic E-state index is 6.06. The Kier molecular flexibility index (Phi) is 5.59. The maximum Gasteiger partial charge on any atom is 0.0767 e. The molecule has 1 N–H and O–H groups in total. The second-order valence-corrected chi connectivity index (χ2v) is 5.69. The Bertz CT molecular complexity index is 544. The van der Waals surface area contributed by atoms with Crippen molar-refractivity contribution in [3.05, 3.63) is 71.8 Å². The van der Waals surface area contributed by atoms with Crippen LogP contribution in [0.2, 0.25) is 0 Å². The van der Waals surface area contributed by atoms with Gasteiger partial charge in [-0.1, -0.05) is 60.7 Å². The van der Waals surface area contributed by atoms with Crippen LogP contribution in [0.25, 0.3) is 0 Å². The smallest absolute Gasteiger partial charge is 0.0767 e. The summed E-state index contributed by atoms with van der Waals surface area (Å²) in [6, 6.07) is 20.9. The van der Waals surface area contributed by atoms with Crippen molar-refractivity contribution in [2.45, 2.75) is 31.8 Å². The Hall–Kier alpha value is -1.68. The number of ether oxygens (including phenoxy) is 2. The molecule has 0 amide bonds. The topological polar surface area (TPSA) is 30.5 Å². The number of hydrogen-bond donors (Lipinski definition) is 1. The van der Waals surface area contributed by atoms with Crippen molar-refractivity contribution < 1.29 is 9.47 Å². The average molecular weight is 297 g/mol. The minimum absolute atomic E-state index is 0.232. The molecule has 1 aliphatic heterocycles. The fraction of sp³-hybridized carbons (Fsp3) is 0.368. The van der Waals surface area contributed by atoms with E-state index in [0.29, 0.717) is 19.8 Å². The number of nitrogens with one attached hydrogen (secondary N) is 1. The zero-order valence-corrected chi connectivity index (χ0v) is 12.8. The van der Waals surface area contributed by atoms with Crippen molar-refractivity contribution in [1.82, 2.24) is 5.32 Å². The Morgan fingerprint density at radius 1 is 0.864 bits per heavy atom. The van der Waals surface area contributed by atoms with E-state index in [2.05, 4.69) is 29.6 Å². The summed E-state index contributed by atoms with van der Waals surface area (Å²) < 4.78 is 11.9. The van der Waals surface area contributed by atoms with Crippen molar-refractivity contribution in [2.75, 3.05) is 13.2 Å². The predicted octanol–water partition coefficient (Wildman–Crippen LogP) is 3.15. The summed E-state index contributed by atoms with van der Waals surface area (Å²) in [5.74, 6) is 0. The molecule has 1 aliphatic rings. The fourth-order valence-electron chi connectivity index (χ4n) is 2.76. The Morgan fingerprint density at radius 3 is 2.18 bits per heavy atom. The Labute approximate surface area is 132 Å². The molecule has 1 saturated heterocycles. The lowest BCUT2D eigenvalue weighted by Crippen LogP contribution is -2.36. The highest BCUT2D eigenvalue weighted by Gasteiger charge is 2.27. The number of benzene rings is 2. The van der Waals surface area contributed by atoms with Crippen LogP contribution in [0.15, 0.2) is 60.7 Å². The van der Waals surface area contributed by atoms with Gasteiger partial charge in [0.25, 0.3) is 0 Å². The summed E-state index contributed by atoms with van der Waals surface area (Å²) >= 11 is 0. The van der Waals surface area contributed by atoms with Gasteiger partial charge in [0.15, 0.2) is 0 Å². The van der Waals surface area contributed by atoms with Crippen LogP contribution < -0.4 is 5.32 Å². The first kappa shape index (κ1) is 15.2. The van der Waals surface area contributed by atoms with Crippen LogP contribution in [-0.4, -0.2) is 25.3 Å². The van der Waals surface area contributed by atoms with Crippen LogP contribution in [0.3, 0.4) is 0 Å². The molecule has 2 atom stereocenters.